The minimum absolute atomic E-state index is 0.000937. The Morgan fingerprint density at radius 1 is 1.00 bits per heavy atom. The van der Waals surface area contributed by atoms with E-state index in [4.69, 9.17) is 0 Å². The molecule has 3 nitrogen and oxygen atoms in total. The van der Waals surface area contributed by atoms with Crippen molar-refractivity contribution in [2.24, 2.45) is 0 Å². The van der Waals surface area contributed by atoms with Crippen LogP contribution in [0.3, 0.4) is 0 Å². The molecule has 0 aliphatic carbocycles. The number of halogens is 7. The summed E-state index contributed by atoms with van der Waals surface area (Å²) in [5.74, 6) is -0.397. The average Bonchev–Trinajstić information content (AvgIpc) is 3.03. The van der Waals surface area contributed by atoms with Gasteiger partial charge < -0.3 is 5.32 Å². The number of carbonyl (C=O) groups excluding carboxylic acids is 1. The maximum atomic E-state index is 13.4. The highest BCUT2D eigenvalue weighted by atomic mass is 19.4. The van der Waals surface area contributed by atoms with Gasteiger partial charge in [0.05, 0.1) is 17.2 Å². The lowest BCUT2D eigenvalue weighted by molar-refractivity contribution is -0.143. The van der Waals surface area contributed by atoms with Gasteiger partial charge in [-0.1, -0.05) is 18.2 Å². The number of likely N-dealkylation sites (N-methyl/N-ethyl adjacent to an activating group) is 1. The van der Waals surface area contributed by atoms with Crippen molar-refractivity contribution in [3.63, 3.8) is 0 Å². The summed E-state index contributed by atoms with van der Waals surface area (Å²) in [4.78, 5) is 13.9. The molecule has 1 N–H and O–H groups in total. The van der Waals surface area contributed by atoms with Gasteiger partial charge >= 0.3 is 12.4 Å². The summed E-state index contributed by atoms with van der Waals surface area (Å²) in [6.45, 7) is 0.143. The molecule has 1 amide bonds. The van der Waals surface area contributed by atoms with E-state index in [2.05, 4.69) is 5.32 Å². The number of hydrogen-bond donors (Lipinski definition) is 1. The molecule has 2 aromatic rings. The average molecular weight is 448 g/mol. The highest BCUT2D eigenvalue weighted by Gasteiger charge is 2.37. The first kappa shape index (κ1) is 23.1. The van der Waals surface area contributed by atoms with Gasteiger partial charge in [-0.15, -0.1) is 0 Å². The van der Waals surface area contributed by atoms with Gasteiger partial charge in [0.2, 0.25) is 5.91 Å². The minimum atomic E-state index is -4.94. The van der Waals surface area contributed by atoms with Gasteiger partial charge in [-0.25, -0.2) is 4.39 Å². The van der Waals surface area contributed by atoms with Gasteiger partial charge in [-0.05, 0) is 48.0 Å². The van der Waals surface area contributed by atoms with E-state index in [-0.39, 0.29) is 36.7 Å². The maximum Gasteiger partial charge on any atom is 0.416 e. The monoisotopic (exact) mass is 448 g/mol. The van der Waals surface area contributed by atoms with E-state index in [1.165, 1.54) is 18.2 Å². The molecule has 1 saturated heterocycles. The fourth-order valence-corrected chi connectivity index (χ4v) is 3.53. The molecule has 31 heavy (non-hydrogen) atoms. The quantitative estimate of drug-likeness (QED) is 0.664. The van der Waals surface area contributed by atoms with Gasteiger partial charge in [0.25, 0.3) is 0 Å². The lowest BCUT2D eigenvalue weighted by Gasteiger charge is -2.18. The standard InChI is InChI=1S/C21H19F7N2O/c1-30-11-17(22)9-18(30)19(31)29-10-12-3-2-4-13(5-12)14-6-15(20(23,24)25)8-16(7-14)21(26,27)28/h2-8,17-18H,9-11H2,1H3,(H,29,31). The Hall–Kier alpha value is -2.62. The maximum absolute atomic E-state index is 13.4. The number of hydrogen-bond acceptors (Lipinski definition) is 2. The van der Waals surface area contributed by atoms with Crippen LogP contribution in [-0.4, -0.2) is 36.6 Å². The lowest BCUT2D eigenvalue weighted by atomic mass is 9.97. The molecule has 2 unspecified atom stereocenters. The molecule has 1 aliphatic heterocycles. The molecule has 3 rings (SSSR count). The third-order valence-electron chi connectivity index (χ3n) is 5.11. The Balaban J connectivity index is 1.83. The number of nitrogens with one attached hydrogen (secondary N) is 1. The highest BCUT2D eigenvalue weighted by molar-refractivity contribution is 5.82. The largest absolute Gasteiger partial charge is 0.416 e. The molecule has 0 aromatic heterocycles. The lowest BCUT2D eigenvalue weighted by Crippen LogP contribution is -2.41. The summed E-state index contributed by atoms with van der Waals surface area (Å²) < 4.78 is 92.1. The molecule has 0 bridgehead atoms. The van der Waals surface area contributed by atoms with E-state index in [1.54, 1.807) is 18.0 Å². The molecule has 1 aliphatic rings. The second-order valence-electron chi connectivity index (χ2n) is 7.50. The number of rotatable bonds is 4. The van der Waals surface area contributed by atoms with Crippen LogP contribution in [0.25, 0.3) is 11.1 Å². The van der Waals surface area contributed by atoms with Crippen LogP contribution < -0.4 is 5.32 Å². The Labute approximate surface area is 173 Å². The summed E-state index contributed by atoms with van der Waals surface area (Å²) >= 11 is 0. The molecule has 1 fully saturated rings. The van der Waals surface area contributed by atoms with Crippen molar-refractivity contribution < 1.29 is 35.5 Å². The third kappa shape index (κ3) is 5.55. The van der Waals surface area contributed by atoms with Crippen molar-refractivity contribution in [1.29, 1.82) is 0 Å². The van der Waals surface area contributed by atoms with E-state index in [9.17, 15) is 35.5 Å². The SMILES string of the molecule is CN1CC(F)CC1C(=O)NCc1cccc(-c2cc(C(F)(F)F)cc(C(F)(F)F)c2)c1. The van der Waals surface area contributed by atoms with Crippen molar-refractivity contribution in [3.05, 3.63) is 59.2 Å². The van der Waals surface area contributed by atoms with E-state index in [0.29, 0.717) is 17.7 Å². The van der Waals surface area contributed by atoms with Crippen LogP contribution in [0, 0.1) is 0 Å². The second-order valence-corrected chi connectivity index (χ2v) is 7.50. The first-order valence-corrected chi connectivity index (χ1v) is 9.35. The van der Waals surface area contributed by atoms with Crippen LogP contribution in [0.5, 0.6) is 0 Å². The number of benzene rings is 2. The van der Waals surface area contributed by atoms with Crippen LogP contribution in [0.1, 0.15) is 23.1 Å². The predicted octanol–water partition coefficient (Wildman–Crippen LogP) is 5.05. The molecular formula is C21H19F7N2O. The Morgan fingerprint density at radius 2 is 1.61 bits per heavy atom. The van der Waals surface area contributed by atoms with E-state index in [0.717, 1.165) is 0 Å². The number of alkyl halides is 7. The molecule has 0 radical (unpaired) electrons. The van der Waals surface area contributed by atoms with Crippen molar-refractivity contribution in [1.82, 2.24) is 10.2 Å². The van der Waals surface area contributed by atoms with Crippen LogP contribution >= 0.6 is 0 Å². The van der Waals surface area contributed by atoms with Crippen molar-refractivity contribution in [2.45, 2.75) is 37.5 Å². The molecule has 2 atom stereocenters. The number of amides is 1. The molecule has 1 heterocycles. The summed E-state index contributed by atoms with van der Waals surface area (Å²) in [7, 11) is 1.62. The van der Waals surface area contributed by atoms with Gasteiger partial charge in [0.15, 0.2) is 0 Å². The van der Waals surface area contributed by atoms with Crippen LogP contribution in [0.2, 0.25) is 0 Å². The molecular weight excluding hydrogens is 429 g/mol. The van der Waals surface area contributed by atoms with E-state index >= 15 is 0 Å². The summed E-state index contributed by atoms with van der Waals surface area (Å²) in [6.07, 6.45) is -10.9. The number of likely N-dealkylation sites (tertiary alicyclic amines) is 1. The third-order valence-corrected chi connectivity index (χ3v) is 5.11. The van der Waals surface area contributed by atoms with Gasteiger partial charge in [0, 0.05) is 19.5 Å². The summed E-state index contributed by atoms with van der Waals surface area (Å²) in [5.41, 5.74) is -2.42. The van der Waals surface area contributed by atoms with Crippen LogP contribution in [0.15, 0.2) is 42.5 Å². The van der Waals surface area contributed by atoms with E-state index in [1.807, 2.05) is 0 Å². The molecule has 10 heteroatoms. The Kier molecular flexibility index (Phi) is 6.31. The number of nitrogens with zero attached hydrogens (tertiary/aromatic N) is 1. The van der Waals surface area contributed by atoms with Crippen molar-refractivity contribution in [2.75, 3.05) is 13.6 Å². The Bertz CT molecular complexity index is 923. The summed E-state index contributed by atoms with van der Waals surface area (Å²) in [5, 5.41) is 2.63. The summed E-state index contributed by atoms with van der Waals surface area (Å²) in [6, 6.07) is 6.61. The topological polar surface area (TPSA) is 32.3 Å². The van der Waals surface area contributed by atoms with E-state index < -0.39 is 41.6 Å². The zero-order valence-electron chi connectivity index (χ0n) is 16.3. The van der Waals surface area contributed by atoms with Gasteiger partial charge in [-0.2, -0.15) is 26.3 Å². The van der Waals surface area contributed by atoms with Gasteiger partial charge in [-0.3, -0.25) is 9.69 Å². The fourth-order valence-electron chi connectivity index (χ4n) is 3.53. The molecule has 0 saturated carbocycles. The molecule has 2 aromatic carbocycles. The predicted molar refractivity (Wildman–Crippen MR) is 99.7 cm³/mol. The number of carbonyl (C=O) groups is 1. The highest BCUT2D eigenvalue weighted by Crippen LogP contribution is 2.38. The van der Waals surface area contributed by atoms with Crippen LogP contribution in [-0.2, 0) is 23.7 Å². The normalized spacial score (nSPS) is 20.1. The zero-order valence-corrected chi connectivity index (χ0v) is 16.3. The van der Waals surface area contributed by atoms with Crippen molar-refractivity contribution in [3.8, 4) is 11.1 Å². The minimum Gasteiger partial charge on any atom is -0.351 e. The molecule has 0 spiro atoms. The van der Waals surface area contributed by atoms with Crippen LogP contribution in [0.4, 0.5) is 30.7 Å². The first-order valence-electron chi connectivity index (χ1n) is 9.35. The van der Waals surface area contributed by atoms with Gasteiger partial charge in [0.1, 0.15) is 6.17 Å². The fraction of sp³-hybridized carbons (Fsp3) is 0.381. The van der Waals surface area contributed by atoms with Crippen molar-refractivity contribution >= 4 is 5.91 Å². The Morgan fingerprint density at radius 3 is 2.13 bits per heavy atom. The smallest absolute Gasteiger partial charge is 0.351 e. The first-order chi connectivity index (χ1) is 14.3. The zero-order chi connectivity index (χ0) is 23.0. The molecule has 168 valence electrons. The second kappa shape index (κ2) is 8.49.